The molecule has 6 heteroatoms. The number of anilines is 1. The van der Waals surface area contributed by atoms with Crippen LogP contribution < -0.4 is 9.64 Å². The SMILES string of the molecule is COc1ccc(-c2nc(C)c3c(n2)N(Cc2cccnc2)C(=O)C3)cc1. The van der Waals surface area contributed by atoms with Gasteiger partial charge in [-0.1, -0.05) is 6.07 Å². The normalized spacial score (nSPS) is 13.0. The zero-order valence-electron chi connectivity index (χ0n) is 14.6. The third-order valence-corrected chi connectivity index (χ3v) is 4.49. The highest BCUT2D eigenvalue weighted by Gasteiger charge is 2.31. The van der Waals surface area contributed by atoms with Crippen molar-refractivity contribution in [2.24, 2.45) is 0 Å². The number of pyridine rings is 1. The zero-order valence-corrected chi connectivity index (χ0v) is 14.6. The maximum atomic E-state index is 12.5. The van der Waals surface area contributed by atoms with Crippen molar-refractivity contribution in [1.82, 2.24) is 15.0 Å². The van der Waals surface area contributed by atoms with E-state index in [-0.39, 0.29) is 5.91 Å². The number of ether oxygens (including phenoxy) is 1. The molecule has 0 bridgehead atoms. The predicted molar refractivity (Wildman–Crippen MR) is 97.9 cm³/mol. The van der Waals surface area contributed by atoms with Gasteiger partial charge < -0.3 is 4.74 Å². The lowest BCUT2D eigenvalue weighted by Crippen LogP contribution is -2.26. The van der Waals surface area contributed by atoms with Gasteiger partial charge in [-0.25, -0.2) is 9.97 Å². The minimum Gasteiger partial charge on any atom is -0.497 e. The molecule has 0 atom stereocenters. The van der Waals surface area contributed by atoms with E-state index in [1.165, 1.54) is 0 Å². The summed E-state index contributed by atoms with van der Waals surface area (Å²) in [5.41, 5.74) is 3.59. The largest absolute Gasteiger partial charge is 0.497 e. The van der Waals surface area contributed by atoms with Crippen LogP contribution in [0.15, 0.2) is 48.8 Å². The Morgan fingerprint density at radius 1 is 1.15 bits per heavy atom. The maximum absolute atomic E-state index is 12.5. The van der Waals surface area contributed by atoms with Gasteiger partial charge in [0.05, 0.1) is 20.1 Å². The number of carbonyl (C=O) groups is 1. The molecular weight excluding hydrogens is 328 g/mol. The summed E-state index contributed by atoms with van der Waals surface area (Å²) in [6.45, 7) is 2.38. The summed E-state index contributed by atoms with van der Waals surface area (Å²) in [5, 5.41) is 0. The van der Waals surface area contributed by atoms with Crippen molar-refractivity contribution in [3.8, 4) is 17.1 Å². The molecule has 0 fully saturated rings. The van der Waals surface area contributed by atoms with Gasteiger partial charge in [0.2, 0.25) is 5.91 Å². The fourth-order valence-electron chi connectivity index (χ4n) is 3.08. The average Bonchev–Trinajstić information content (AvgIpc) is 2.99. The van der Waals surface area contributed by atoms with Crippen LogP contribution in [0.2, 0.25) is 0 Å². The molecule has 1 amide bonds. The van der Waals surface area contributed by atoms with Gasteiger partial charge >= 0.3 is 0 Å². The molecule has 4 rings (SSSR count). The van der Waals surface area contributed by atoms with Crippen molar-refractivity contribution in [3.63, 3.8) is 0 Å². The molecule has 0 saturated carbocycles. The van der Waals surface area contributed by atoms with Gasteiger partial charge in [0, 0.05) is 29.2 Å². The molecule has 0 aliphatic carbocycles. The second-order valence-electron chi connectivity index (χ2n) is 6.18. The van der Waals surface area contributed by atoms with Gasteiger partial charge in [-0.2, -0.15) is 0 Å². The summed E-state index contributed by atoms with van der Waals surface area (Å²) in [6, 6.07) is 11.4. The number of methoxy groups -OCH3 is 1. The summed E-state index contributed by atoms with van der Waals surface area (Å²) in [7, 11) is 1.63. The van der Waals surface area contributed by atoms with Gasteiger partial charge in [-0.15, -0.1) is 0 Å². The standard InChI is InChI=1S/C20H18N4O2/c1-13-17-10-18(25)24(12-14-4-3-9-21-11-14)20(17)23-19(22-13)15-5-7-16(26-2)8-6-15/h3-9,11H,10,12H2,1-2H3. The van der Waals surface area contributed by atoms with Crippen molar-refractivity contribution in [3.05, 3.63) is 65.6 Å². The summed E-state index contributed by atoms with van der Waals surface area (Å²) < 4.78 is 5.20. The first kappa shape index (κ1) is 16.2. The molecule has 0 unspecified atom stereocenters. The van der Waals surface area contributed by atoms with Gasteiger partial charge in [0.25, 0.3) is 0 Å². The van der Waals surface area contributed by atoms with Crippen LogP contribution in [-0.4, -0.2) is 28.0 Å². The lowest BCUT2D eigenvalue weighted by atomic mass is 10.1. The number of aromatic nitrogens is 3. The van der Waals surface area contributed by atoms with Crippen LogP contribution in [-0.2, 0) is 17.8 Å². The molecule has 3 heterocycles. The number of aryl methyl sites for hydroxylation is 1. The molecule has 0 saturated heterocycles. The predicted octanol–water partition coefficient (Wildman–Crippen LogP) is 2.94. The Bertz CT molecular complexity index is 956. The van der Waals surface area contributed by atoms with Gasteiger partial charge in [0.1, 0.15) is 11.6 Å². The van der Waals surface area contributed by atoms with Crippen molar-refractivity contribution in [2.45, 2.75) is 19.9 Å². The van der Waals surface area contributed by atoms with Crippen LogP contribution in [0, 0.1) is 6.92 Å². The Morgan fingerprint density at radius 2 is 1.96 bits per heavy atom. The zero-order chi connectivity index (χ0) is 18.1. The Hall–Kier alpha value is -3.28. The molecule has 0 radical (unpaired) electrons. The Kier molecular flexibility index (Phi) is 4.08. The number of hydrogen-bond acceptors (Lipinski definition) is 5. The quantitative estimate of drug-likeness (QED) is 0.726. The van der Waals surface area contributed by atoms with Crippen LogP contribution in [0.1, 0.15) is 16.8 Å². The molecule has 1 aromatic carbocycles. The highest BCUT2D eigenvalue weighted by Crippen LogP contribution is 2.32. The van der Waals surface area contributed by atoms with Crippen molar-refractivity contribution in [2.75, 3.05) is 12.0 Å². The van der Waals surface area contributed by atoms with Crippen LogP contribution >= 0.6 is 0 Å². The van der Waals surface area contributed by atoms with Gasteiger partial charge in [0.15, 0.2) is 5.82 Å². The molecule has 2 aromatic heterocycles. The smallest absolute Gasteiger partial charge is 0.233 e. The molecule has 26 heavy (non-hydrogen) atoms. The van der Waals surface area contributed by atoms with E-state index in [0.717, 1.165) is 28.1 Å². The number of nitrogens with zero attached hydrogens (tertiary/aromatic N) is 4. The molecule has 1 aliphatic heterocycles. The highest BCUT2D eigenvalue weighted by atomic mass is 16.5. The lowest BCUT2D eigenvalue weighted by Gasteiger charge is -2.17. The van der Waals surface area contributed by atoms with E-state index in [0.29, 0.717) is 24.6 Å². The number of carbonyl (C=O) groups excluding carboxylic acids is 1. The number of fused-ring (bicyclic) bond motifs is 1. The third-order valence-electron chi connectivity index (χ3n) is 4.49. The van der Waals surface area contributed by atoms with Gasteiger partial charge in [-0.05, 0) is 42.8 Å². The third kappa shape index (κ3) is 2.90. The summed E-state index contributed by atoms with van der Waals surface area (Å²) in [6.07, 6.45) is 3.82. The maximum Gasteiger partial charge on any atom is 0.233 e. The van der Waals surface area contributed by atoms with E-state index in [2.05, 4.69) is 9.97 Å². The molecule has 0 spiro atoms. The fraction of sp³-hybridized carbons (Fsp3) is 0.200. The topological polar surface area (TPSA) is 68.2 Å². The first-order valence-electron chi connectivity index (χ1n) is 8.37. The second-order valence-corrected chi connectivity index (χ2v) is 6.18. The minimum absolute atomic E-state index is 0.0353. The minimum atomic E-state index is 0.0353. The summed E-state index contributed by atoms with van der Waals surface area (Å²) >= 11 is 0. The second kappa shape index (κ2) is 6.55. The fourth-order valence-corrected chi connectivity index (χ4v) is 3.08. The van der Waals surface area contributed by atoms with E-state index < -0.39 is 0 Å². The first-order chi connectivity index (χ1) is 12.7. The van der Waals surface area contributed by atoms with E-state index >= 15 is 0 Å². The van der Waals surface area contributed by atoms with Crippen molar-refractivity contribution >= 4 is 11.7 Å². The number of amides is 1. The number of hydrogen-bond donors (Lipinski definition) is 0. The molecule has 0 N–H and O–H groups in total. The Morgan fingerprint density at radius 3 is 2.65 bits per heavy atom. The Labute approximate surface area is 151 Å². The molecular formula is C20H18N4O2. The van der Waals surface area contributed by atoms with Gasteiger partial charge in [-0.3, -0.25) is 14.7 Å². The molecule has 1 aliphatic rings. The monoisotopic (exact) mass is 346 g/mol. The van der Waals surface area contributed by atoms with E-state index in [1.807, 2.05) is 43.3 Å². The van der Waals surface area contributed by atoms with E-state index in [9.17, 15) is 4.79 Å². The average molecular weight is 346 g/mol. The molecule has 130 valence electrons. The van der Waals surface area contributed by atoms with Crippen LogP contribution in [0.3, 0.4) is 0 Å². The highest BCUT2D eigenvalue weighted by molar-refractivity contribution is 6.00. The lowest BCUT2D eigenvalue weighted by molar-refractivity contribution is -0.117. The van der Waals surface area contributed by atoms with Crippen molar-refractivity contribution in [1.29, 1.82) is 0 Å². The van der Waals surface area contributed by atoms with Crippen LogP contribution in [0.4, 0.5) is 5.82 Å². The molecule has 3 aromatic rings. The molecule has 6 nitrogen and oxygen atoms in total. The van der Waals surface area contributed by atoms with Crippen LogP contribution in [0.25, 0.3) is 11.4 Å². The van der Waals surface area contributed by atoms with E-state index in [1.54, 1.807) is 24.4 Å². The number of benzene rings is 1. The van der Waals surface area contributed by atoms with E-state index in [4.69, 9.17) is 9.72 Å². The summed E-state index contributed by atoms with van der Waals surface area (Å²) in [5.74, 6) is 2.11. The van der Waals surface area contributed by atoms with Crippen LogP contribution in [0.5, 0.6) is 5.75 Å². The van der Waals surface area contributed by atoms with Crippen molar-refractivity contribution < 1.29 is 9.53 Å². The number of rotatable bonds is 4. The Balaban J connectivity index is 1.73. The first-order valence-corrected chi connectivity index (χ1v) is 8.37. The summed E-state index contributed by atoms with van der Waals surface area (Å²) in [4.78, 5) is 27.7.